The Hall–Kier alpha value is -3.76. The van der Waals surface area contributed by atoms with Gasteiger partial charge in [-0.1, -0.05) is 24.3 Å². The van der Waals surface area contributed by atoms with Crippen LogP contribution in [-0.2, 0) is 25.5 Å². The topological polar surface area (TPSA) is 133 Å². The molecule has 10 heteroatoms. The minimum Gasteiger partial charge on any atom is -0.497 e. The first-order valence-corrected chi connectivity index (χ1v) is 11.7. The van der Waals surface area contributed by atoms with E-state index in [0.29, 0.717) is 11.3 Å². The summed E-state index contributed by atoms with van der Waals surface area (Å²) in [5, 5.41) is 6.68. The Balaban J connectivity index is 1.72. The normalized spacial score (nSPS) is 14.8. The number of likely N-dealkylation sites (N-methyl/N-ethyl adjacent to an activating group) is 1. The van der Waals surface area contributed by atoms with Crippen molar-refractivity contribution >= 4 is 24.1 Å². The Morgan fingerprint density at radius 1 is 1.11 bits per heavy atom. The van der Waals surface area contributed by atoms with Crippen molar-refractivity contribution in [1.82, 2.24) is 10.2 Å². The first-order chi connectivity index (χ1) is 17.4. The standard InChI is InChI=1S/C26H32N4O6/c1-30(25(32)20-7-3-19(4-8-20)16-29-27)23(15-18-5-9-21(34-2)10-6-18)26(33)36-24(31)17-35-22-11-13-28-14-12-22/h3-10,16,22-23,28H,11-15,17,27H2,1-2H3. The van der Waals surface area contributed by atoms with Gasteiger partial charge in [-0.25, -0.2) is 9.59 Å². The lowest BCUT2D eigenvalue weighted by atomic mass is 10.0. The van der Waals surface area contributed by atoms with Gasteiger partial charge in [0.25, 0.3) is 5.91 Å². The number of nitrogens with one attached hydrogen (secondary N) is 1. The van der Waals surface area contributed by atoms with Crippen molar-refractivity contribution in [1.29, 1.82) is 0 Å². The largest absolute Gasteiger partial charge is 0.497 e. The van der Waals surface area contributed by atoms with E-state index in [1.165, 1.54) is 18.2 Å². The Morgan fingerprint density at radius 2 is 1.78 bits per heavy atom. The molecule has 1 amide bonds. The van der Waals surface area contributed by atoms with Crippen LogP contribution in [0.1, 0.15) is 34.3 Å². The lowest BCUT2D eigenvalue weighted by Crippen LogP contribution is -2.45. The van der Waals surface area contributed by atoms with Crippen molar-refractivity contribution in [2.45, 2.75) is 31.4 Å². The molecule has 3 N–H and O–H groups in total. The maximum atomic E-state index is 13.2. The zero-order valence-corrected chi connectivity index (χ0v) is 20.5. The molecule has 0 saturated carbocycles. The molecule has 192 valence electrons. The van der Waals surface area contributed by atoms with E-state index in [9.17, 15) is 14.4 Å². The molecule has 1 fully saturated rings. The quantitative estimate of drug-likeness (QED) is 0.166. The van der Waals surface area contributed by atoms with Gasteiger partial charge < -0.3 is 30.3 Å². The number of carbonyl (C=O) groups is 3. The highest BCUT2D eigenvalue weighted by Crippen LogP contribution is 2.17. The van der Waals surface area contributed by atoms with Crippen LogP contribution in [0, 0.1) is 0 Å². The van der Waals surface area contributed by atoms with Crippen LogP contribution in [0.25, 0.3) is 0 Å². The maximum Gasteiger partial charge on any atom is 0.339 e. The van der Waals surface area contributed by atoms with Gasteiger partial charge >= 0.3 is 11.9 Å². The fourth-order valence-electron chi connectivity index (χ4n) is 3.86. The van der Waals surface area contributed by atoms with Crippen LogP contribution in [0.5, 0.6) is 5.75 Å². The number of amides is 1. The fourth-order valence-corrected chi connectivity index (χ4v) is 3.86. The molecule has 1 unspecified atom stereocenters. The van der Waals surface area contributed by atoms with Gasteiger partial charge in [-0.15, -0.1) is 0 Å². The highest BCUT2D eigenvalue weighted by molar-refractivity contribution is 5.98. The van der Waals surface area contributed by atoms with Crippen LogP contribution in [-0.4, -0.2) is 75.0 Å². The summed E-state index contributed by atoms with van der Waals surface area (Å²) in [6.07, 6.45) is 3.12. The predicted molar refractivity (Wildman–Crippen MR) is 134 cm³/mol. The molecule has 1 aliphatic rings. The number of hydrazone groups is 1. The van der Waals surface area contributed by atoms with Gasteiger partial charge in [0, 0.05) is 19.0 Å². The predicted octanol–water partition coefficient (Wildman–Crippen LogP) is 1.51. The van der Waals surface area contributed by atoms with E-state index >= 15 is 0 Å². The van der Waals surface area contributed by atoms with Gasteiger partial charge in [-0.05, 0) is 61.3 Å². The van der Waals surface area contributed by atoms with Crippen LogP contribution >= 0.6 is 0 Å². The average molecular weight is 497 g/mol. The summed E-state index contributed by atoms with van der Waals surface area (Å²) >= 11 is 0. The summed E-state index contributed by atoms with van der Waals surface area (Å²) in [7, 11) is 3.06. The van der Waals surface area contributed by atoms with E-state index in [0.717, 1.165) is 37.1 Å². The zero-order chi connectivity index (χ0) is 25.9. The van der Waals surface area contributed by atoms with Crippen LogP contribution in [0.3, 0.4) is 0 Å². The Morgan fingerprint density at radius 3 is 2.39 bits per heavy atom. The van der Waals surface area contributed by atoms with Gasteiger partial charge in [-0.2, -0.15) is 5.10 Å². The van der Waals surface area contributed by atoms with Gasteiger partial charge in [0.05, 0.1) is 19.4 Å². The van der Waals surface area contributed by atoms with Crippen molar-refractivity contribution < 1.29 is 28.6 Å². The number of hydrogen-bond acceptors (Lipinski definition) is 9. The van der Waals surface area contributed by atoms with Gasteiger partial charge in [-0.3, -0.25) is 4.79 Å². The number of carbonyl (C=O) groups excluding carboxylic acids is 3. The van der Waals surface area contributed by atoms with Crippen molar-refractivity contribution in [2.24, 2.45) is 10.9 Å². The fraction of sp³-hybridized carbons (Fsp3) is 0.385. The van der Waals surface area contributed by atoms with Crippen LogP contribution in [0.2, 0.25) is 0 Å². The summed E-state index contributed by atoms with van der Waals surface area (Å²) in [4.78, 5) is 39.9. The van der Waals surface area contributed by atoms with Gasteiger partial charge in [0.1, 0.15) is 18.4 Å². The second-order valence-corrected chi connectivity index (χ2v) is 8.44. The average Bonchev–Trinajstić information content (AvgIpc) is 2.91. The van der Waals surface area contributed by atoms with Crippen molar-refractivity contribution in [3.05, 3.63) is 65.2 Å². The molecule has 0 aliphatic carbocycles. The third kappa shape index (κ3) is 7.62. The van der Waals surface area contributed by atoms with Crippen LogP contribution in [0.15, 0.2) is 53.6 Å². The van der Waals surface area contributed by atoms with Crippen LogP contribution < -0.4 is 15.9 Å². The van der Waals surface area contributed by atoms with Crippen molar-refractivity contribution in [3.8, 4) is 5.75 Å². The molecular weight excluding hydrogens is 464 g/mol. The third-order valence-corrected chi connectivity index (χ3v) is 5.97. The summed E-state index contributed by atoms with van der Waals surface area (Å²) in [5.74, 6) is 3.81. The molecule has 1 aliphatic heterocycles. The molecule has 10 nitrogen and oxygen atoms in total. The number of nitrogens with zero attached hydrogens (tertiary/aromatic N) is 2. The molecule has 0 aromatic heterocycles. The van der Waals surface area contributed by atoms with E-state index in [1.54, 1.807) is 55.6 Å². The van der Waals surface area contributed by atoms with E-state index in [4.69, 9.17) is 20.1 Å². The lowest BCUT2D eigenvalue weighted by molar-refractivity contribution is -0.167. The molecule has 1 saturated heterocycles. The molecule has 36 heavy (non-hydrogen) atoms. The summed E-state index contributed by atoms with van der Waals surface area (Å²) in [5.41, 5.74) is 1.86. The number of esters is 2. The van der Waals surface area contributed by atoms with E-state index in [-0.39, 0.29) is 19.1 Å². The number of benzene rings is 2. The number of nitrogens with two attached hydrogens (primary N) is 1. The number of rotatable bonds is 10. The molecule has 3 rings (SSSR count). The Kier molecular flexibility index (Phi) is 9.96. The molecule has 0 bridgehead atoms. The molecule has 2 aromatic carbocycles. The van der Waals surface area contributed by atoms with E-state index < -0.39 is 23.9 Å². The minimum atomic E-state index is -1.04. The zero-order valence-electron chi connectivity index (χ0n) is 20.5. The Labute approximate surface area is 210 Å². The molecule has 0 spiro atoms. The molecule has 0 radical (unpaired) electrons. The lowest BCUT2D eigenvalue weighted by Gasteiger charge is -2.27. The highest BCUT2D eigenvalue weighted by Gasteiger charge is 2.31. The SMILES string of the molecule is COc1ccc(CC(C(=O)OC(=O)COC2CCNCC2)N(C)C(=O)c2ccc(C=NN)cc2)cc1. The highest BCUT2D eigenvalue weighted by atomic mass is 16.6. The maximum absolute atomic E-state index is 13.2. The number of ether oxygens (including phenoxy) is 3. The smallest absolute Gasteiger partial charge is 0.339 e. The number of methoxy groups -OCH3 is 1. The van der Waals surface area contributed by atoms with Crippen molar-refractivity contribution in [2.75, 3.05) is 33.9 Å². The second-order valence-electron chi connectivity index (χ2n) is 8.44. The van der Waals surface area contributed by atoms with Crippen LogP contribution in [0.4, 0.5) is 0 Å². The van der Waals surface area contributed by atoms with E-state index in [2.05, 4.69) is 10.4 Å². The number of piperidine rings is 1. The number of hydrogen-bond donors (Lipinski definition) is 2. The third-order valence-electron chi connectivity index (χ3n) is 5.97. The molecule has 2 aromatic rings. The minimum absolute atomic E-state index is 0.0551. The first-order valence-electron chi connectivity index (χ1n) is 11.7. The van der Waals surface area contributed by atoms with Crippen molar-refractivity contribution in [3.63, 3.8) is 0 Å². The van der Waals surface area contributed by atoms with Gasteiger partial charge in [0.2, 0.25) is 0 Å². The Bertz CT molecular complexity index is 1050. The van der Waals surface area contributed by atoms with Gasteiger partial charge in [0.15, 0.2) is 0 Å². The monoisotopic (exact) mass is 496 g/mol. The summed E-state index contributed by atoms with van der Waals surface area (Å²) in [6.45, 7) is 1.30. The van der Waals surface area contributed by atoms with E-state index in [1.807, 2.05) is 0 Å². The molecule has 1 atom stereocenters. The molecule has 1 heterocycles. The second kappa shape index (κ2) is 13.4. The molecular formula is C26H32N4O6. The summed E-state index contributed by atoms with van der Waals surface area (Å²) in [6, 6.07) is 12.7. The summed E-state index contributed by atoms with van der Waals surface area (Å²) < 4.78 is 15.9. The first kappa shape index (κ1) is 26.8.